The van der Waals surface area contributed by atoms with Crippen LogP contribution in [0.15, 0.2) is 48.5 Å². The van der Waals surface area contributed by atoms with E-state index < -0.39 is 17.6 Å². The van der Waals surface area contributed by atoms with E-state index >= 15 is 0 Å². The summed E-state index contributed by atoms with van der Waals surface area (Å²) >= 11 is 0. The third-order valence-corrected chi connectivity index (χ3v) is 5.31. The van der Waals surface area contributed by atoms with Crippen molar-refractivity contribution in [2.24, 2.45) is 5.92 Å². The number of rotatable bonds is 5. The third kappa shape index (κ3) is 5.62. The summed E-state index contributed by atoms with van der Waals surface area (Å²) in [7, 11) is 0. The van der Waals surface area contributed by atoms with E-state index in [2.05, 4.69) is 11.4 Å². The molecule has 2 aromatic rings. The van der Waals surface area contributed by atoms with Crippen molar-refractivity contribution in [1.82, 2.24) is 10.2 Å². The number of hydrogen-bond acceptors (Lipinski definition) is 2. The molecule has 4 nitrogen and oxygen atoms in total. The number of benzene rings is 2. The highest BCUT2D eigenvalue weighted by molar-refractivity contribution is 5.95. The Balaban J connectivity index is 1.56. The van der Waals surface area contributed by atoms with Gasteiger partial charge in [-0.15, -0.1) is 0 Å². The van der Waals surface area contributed by atoms with Crippen LogP contribution in [0.1, 0.15) is 39.9 Å². The minimum absolute atomic E-state index is 0.00895. The second-order valence-corrected chi connectivity index (χ2v) is 7.70. The number of aryl methyl sites for hydroxylation is 1. The van der Waals surface area contributed by atoms with Gasteiger partial charge in [-0.3, -0.25) is 9.59 Å². The summed E-state index contributed by atoms with van der Waals surface area (Å²) in [6, 6.07) is 12.5. The van der Waals surface area contributed by atoms with Gasteiger partial charge >= 0.3 is 6.18 Å². The number of carbonyl (C=O) groups excluding carboxylic acids is 2. The van der Waals surface area contributed by atoms with Crippen LogP contribution < -0.4 is 5.32 Å². The van der Waals surface area contributed by atoms with Gasteiger partial charge in [-0.1, -0.05) is 35.9 Å². The first kappa shape index (κ1) is 21.9. The first-order chi connectivity index (χ1) is 14.2. The average Bonchev–Trinajstić information content (AvgIpc) is 2.73. The van der Waals surface area contributed by atoms with Crippen molar-refractivity contribution in [2.75, 3.05) is 19.6 Å². The van der Waals surface area contributed by atoms with Crippen molar-refractivity contribution < 1.29 is 22.8 Å². The van der Waals surface area contributed by atoms with Crippen LogP contribution >= 0.6 is 0 Å². The maximum Gasteiger partial charge on any atom is 0.416 e. The van der Waals surface area contributed by atoms with Crippen molar-refractivity contribution in [2.45, 2.75) is 32.4 Å². The van der Waals surface area contributed by atoms with Gasteiger partial charge in [0.25, 0.3) is 5.91 Å². The number of halogens is 3. The molecule has 0 bridgehead atoms. The van der Waals surface area contributed by atoms with Crippen LogP contribution in [0.4, 0.5) is 13.2 Å². The lowest BCUT2D eigenvalue weighted by Crippen LogP contribution is -2.45. The van der Waals surface area contributed by atoms with Crippen molar-refractivity contribution in [3.05, 3.63) is 70.8 Å². The van der Waals surface area contributed by atoms with Gasteiger partial charge in [0.05, 0.1) is 11.5 Å². The molecule has 7 heteroatoms. The predicted octanol–water partition coefficient (Wildman–Crippen LogP) is 4.22. The molecule has 1 saturated heterocycles. The SMILES string of the molecule is Cc1cccc(CCNC(=O)C2CCCN(C(=O)c3cccc(C(F)(F)F)c3)C2)c1. The molecule has 0 aliphatic carbocycles. The van der Waals surface area contributed by atoms with Crippen LogP contribution in [0.25, 0.3) is 0 Å². The molecule has 160 valence electrons. The van der Waals surface area contributed by atoms with Gasteiger partial charge in [-0.05, 0) is 49.9 Å². The minimum Gasteiger partial charge on any atom is -0.355 e. The molecule has 0 radical (unpaired) electrons. The summed E-state index contributed by atoms with van der Waals surface area (Å²) in [5.41, 5.74) is 1.44. The fourth-order valence-electron chi connectivity index (χ4n) is 3.73. The van der Waals surface area contributed by atoms with E-state index in [1.807, 2.05) is 25.1 Å². The van der Waals surface area contributed by atoms with Crippen LogP contribution in [-0.2, 0) is 17.4 Å². The maximum absolute atomic E-state index is 12.9. The molecule has 1 heterocycles. The van der Waals surface area contributed by atoms with Gasteiger partial charge in [-0.25, -0.2) is 0 Å². The zero-order chi connectivity index (χ0) is 21.7. The zero-order valence-electron chi connectivity index (χ0n) is 16.8. The molecular weight excluding hydrogens is 393 g/mol. The van der Waals surface area contributed by atoms with E-state index in [1.165, 1.54) is 17.0 Å². The molecule has 2 amide bonds. The first-order valence-electron chi connectivity index (χ1n) is 10.0. The Morgan fingerprint density at radius 3 is 2.63 bits per heavy atom. The second kappa shape index (κ2) is 9.32. The highest BCUT2D eigenvalue weighted by Crippen LogP contribution is 2.30. The van der Waals surface area contributed by atoms with Gasteiger partial charge in [-0.2, -0.15) is 13.2 Å². The summed E-state index contributed by atoms with van der Waals surface area (Å²) in [6.45, 7) is 3.16. The van der Waals surface area contributed by atoms with Gasteiger partial charge in [0, 0.05) is 25.2 Å². The lowest BCUT2D eigenvalue weighted by atomic mass is 9.96. The van der Waals surface area contributed by atoms with Crippen molar-refractivity contribution in [3.8, 4) is 0 Å². The van der Waals surface area contributed by atoms with Crippen LogP contribution in [0.3, 0.4) is 0 Å². The molecule has 1 fully saturated rings. The number of amides is 2. The number of piperidine rings is 1. The standard InChI is InChI=1S/C23H25F3N2O2/c1-16-5-2-6-17(13-16)10-11-27-21(29)19-8-4-12-28(15-19)22(30)18-7-3-9-20(14-18)23(24,25)26/h2-3,5-7,9,13-14,19H,4,8,10-12,15H2,1H3,(H,27,29). The minimum atomic E-state index is -4.50. The normalized spacial score (nSPS) is 16.9. The molecule has 0 spiro atoms. The van der Waals surface area contributed by atoms with Gasteiger partial charge in [0.2, 0.25) is 5.91 Å². The van der Waals surface area contributed by atoms with Gasteiger partial charge in [0.15, 0.2) is 0 Å². The van der Waals surface area contributed by atoms with Crippen LogP contribution in [-0.4, -0.2) is 36.3 Å². The van der Waals surface area contributed by atoms with E-state index in [1.54, 1.807) is 0 Å². The van der Waals surface area contributed by atoms with E-state index in [9.17, 15) is 22.8 Å². The largest absolute Gasteiger partial charge is 0.416 e. The Bertz CT molecular complexity index is 911. The number of nitrogens with one attached hydrogen (secondary N) is 1. The number of alkyl halides is 3. The Morgan fingerprint density at radius 2 is 1.90 bits per heavy atom. The fraction of sp³-hybridized carbons (Fsp3) is 0.391. The maximum atomic E-state index is 12.9. The first-order valence-corrected chi connectivity index (χ1v) is 10.0. The molecule has 1 aliphatic rings. The number of nitrogens with zero attached hydrogens (tertiary/aromatic N) is 1. The second-order valence-electron chi connectivity index (χ2n) is 7.70. The smallest absolute Gasteiger partial charge is 0.355 e. The lowest BCUT2D eigenvalue weighted by Gasteiger charge is -2.32. The molecule has 0 aromatic heterocycles. The quantitative estimate of drug-likeness (QED) is 0.790. The van der Waals surface area contributed by atoms with E-state index in [-0.39, 0.29) is 23.9 Å². The fourth-order valence-corrected chi connectivity index (χ4v) is 3.73. The highest BCUT2D eigenvalue weighted by Gasteiger charge is 2.32. The summed E-state index contributed by atoms with van der Waals surface area (Å²) < 4.78 is 38.8. The van der Waals surface area contributed by atoms with E-state index in [0.717, 1.165) is 23.3 Å². The van der Waals surface area contributed by atoms with E-state index in [4.69, 9.17) is 0 Å². The Morgan fingerprint density at radius 1 is 1.13 bits per heavy atom. The number of likely N-dealkylation sites (tertiary alicyclic amines) is 1. The molecule has 1 unspecified atom stereocenters. The molecule has 1 aliphatic heterocycles. The van der Waals surface area contributed by atoms with Crippen molar-refractivity contribution >= 4 is 11.8 Å². The van der Waals surface area contributed by atoms with Crippen LogP contribution in [0.5, 0.6) is 0 Å². The van der Waals surface area contributed by atoms with Gasteiger partial charge in [0.1, 0.15) is 0 Å². The van der Waals surface area contributed by atoms with Crippen molar-refractivity contribution in [3.63, 3.8) is 0 Å². The topological polar surface area (TPSA) is 49.4 Å². The molecule has 3 rings (SSSR count). The molecule has 2 aromatic carbocycles. The molecule has 1 N–H and O–H groups in total. The molecule has 30 heavy (non-hydrogen) atoms. The van der Waals surface area contributed by atoms with Crippen molar-refractivity contribution in [1.29, 1.82) is 0 Å². The van der Waals surface area contributed by atoms with Gasteiger partial charge < -0.3 is 10.2 Å². The molecule has 1 atom stereocenters. The van der Waals surface area contributed by atoms with Crippen LogP contribution in [0.2, 0.25) is 0 Å². The summed E-state index contributed by atoms with van der Waals surface area (Å²) in [4.78, 5) is 26.7. The van der Waals surface area contributed by atoms with E-state index in [0.29, 0.717) is 32.4 Å². The molecular formula is C23H25F3N2O2. The Kier molecular flexibility index (Phi) is 6.80. The number of hydrogen-bond donors (Lipinski definition) is 1. The number of carbonyl (C=O) groups is 2. The summed E-state index contributed by atoms with van der Waals surface area (Å²) in [6.07, 6.45) is -2.49. The Labute approximate surface area is 174 Å². The molecule has 0 saturated carbocycles. The summed E-state index contributed by atoms with van der Waals surface area (Å²) in [5.74, 6) is -0.950. The predicted molar refractivity (Wildman–Crippen MR) is 108 cm³/mol. The van der Waals surface area contributed by atoms with Crippen LogP contribution in [0, 0.1) is 12.8 Å². The summed E-state index contributed by atoms with van der Waals surface area (Å²) in [5, 5.41) is 2.92. The monoisotopic (exact) mass is 418 g/mol. The Hall–Kier alpha value is -2.83. The zero-order valence-corrected chi connectivity index (χ0v) is 16.8. The highest BCUT2D eigenvalue weighted by atomic mass is 19.4. The lowest BCUT2D eigenvalue weighted by molar-refractivity contribution is -0.137. The average molecular weight is 418 g/mol. The third-order valence-electron chi connectivity index (χ3n) is 5.31.